The Balaban J connectivity index is 1.41. The highest BCUT2D eigenvalue weighted by Crippen LogP contribution is 2.35. The SMILES string of the molecule is Cc1ccc(O)cc1Nc1ccnc2c1C(=O)Cc1cc(CCC3CCOC3)ccc1N2. The number of phenolic OH excluding ortho intramolecular Hbond substituents is 1. The van der Waals surface area contributed by atoms with Gasteiger partial charge in [0, 0.05) is 43.3 Å². The van der Waals surface area contributed by atoms with E-state index < -0.39 is 0 Å². The van der Waals surface area contributed by atoms with Crippen LogP contribution in [0, 0.1) is 12.8 Å². The van der Waals surface area contributed by atoms with E-state index in [1.165, 1.54) is 5.56 Å². The molecule has 6 heteroatoms. The van der Waals surface area contributed by atoms with E-state index in [9.17, 15) is 9.90 Å². The van der Waals surface area contributed by atoms with E-state index in [1.54, 1.807) is 24.4 Å². The van der Waals surface area contributed by atoms with Crippen molar-refractivity contribution >= 4 is 28.7 Å². The van der Waals surface area contributed by atoms with Crippen LogP contribution in [0.25, 0.3) is 0 Å². The number of pyridine rings is 1. The standard InChI is InChI=1S/C26H27N3O3/c1-16-2-6-20(30)14-23(16)28-22-8-10-27-26-25(22)24(31)13-19-12-17(5-7-21(19)29-26)3-4-18-9-11-32-15-18/h2,5-8,10,12,14,18,30H,3-4,9,11,13,15H2,1H3,(H2,27,28,29). The highest BCUT2D eigenvalue weighted by Gasteiger charge is 2.24. The average molecular weight is 430 g/mol. The van der Waals surface area contributed by atoms with Crippen LogP contribution in [0.4, 0.5) is 22.9 Å². The lowest BCUT2D eigenvalue weighted by atomic mass is 9.96. The number of aromatic hydroxyl groups is 1. The van der Waals surface area contributed by atoms with E-state index in [0.29, 0.717) is 29.4 Å². The number of anilines is 4. The van der Waals surface area contributed by atoms with Crippen molar-refractivity contribution in [2.24, 2.45) is 5.92 Å². The predicted molar refractivity (Wildman–Crippen MR) is 125 cm³/mol. The number of hydrogen-bond acceptors (Lipinski definition) is 6. The Bertz CT molecular complexity index is 1170. The predicted octanol–water partition coefficient (Wildman–Crippen LogP) is 5.29. The molecule has 1 saturated heterocycles. The number of phenols is 1. The van der Waals surface area contributed by atoms with Crippen LogP contribution in [0.5, 0.6) is 5.75 Å². The number of carbonyl (C=O) groups is 1. The summed E-state index contributed by atoms with van der Waals surface area (Å²) in [4.78, 5) is 17.8. The third-order valence-corrected chi connectivity index (χ3v) is 6.36. The number of carbonyl (C=O) groups excluding carboxylic acids is 1. The van der Waals surface area contributed by atoms with Crippen LogP contribution in [-0.4, -0.2) is 29.1 Å². The van der Waals surface area contributed by atoms with Crippen molar-refractivity contribution in [2.45, 2.75) is 32.6 Å². The first-order valence-electron chi connectivity index (χ1n) is 11.1. The highest BCUT2D eigenvalue weighted by molar-refractivity contribution is 6.09. The minimum atomic E-state index is 0.0148. The van der Waals surface area contributed by atoms with Gasteiger partial charge in [-0.1, -0.05) is 18.2 Å². The summed E-state index contributed by atoms with van der Waals surface area (Å²) in [7, 11) is 0. The van der Waals surface area contributed by atoms with Gasteiger partial charge in [0.05, 0.1) is 11.3 Å². The first kappa shape index (κ1) is 20.5. The fourth-order valence-electron chi connectivity index (χ4n) is 4.47. The number of aromatic nitrogens is 1. The molecule has 2 aliphatic heterocycles. The molecule has 2 aromatic carbocycles. The maximum atomic E-state index is 13.3. The van der Waals surface area contributed by atoms with Gasteiger partial charge in [-0.05, 0) is 67.0 Å². The van der Waals surface area contributed by atoms with E-state index >= 15 is 0 Å². The largest absolute Gasteiger partial charge is 0.508 e. The van der Waals surface area contributed by atoms with E-state index in [-0.39, 0.29) is 11.5 Å². The Kier molecular flexibility index (Phi) is 5.53. The molecule has 3 heterocycles. The molecular formula is C26H27N3O3. The summed E-state index contributed by atoms with van der Waals surface area (Å²) in [6, 6.07) is 13.3. The lowest BCUT2D eigenvalue weighted by Crippen LogP contribution is -2.08. The summed E-state index contributed by atoms with van der Waals surface area (Å²) < 4.78 is 5.49. The maximum absolute atomic E-state index is 13.3. The molecule has 2 aliphatic rings. The number of ether oxygens (including phenoxy) is 1. The zero-order valence-electron chi connectivity index (χ0n) is 18.1. The number of rotatable bonds is 5. The number of fused-ring (bicyclic) bond motifs is 2. The van der Waals surface area contributed by atoms with Crippen molar-refractivity contribution in [1.29, 1.82) is 0 Å². The summed E-state index contributed by atoms with van der Waals surface area (Å²) in [6.45, 7) is 3.69. The molecule has 1 atom stereocenters. The van der Waals surface area contributed by atoms with Gasteiger partial charge in [0.2, 0.25) is 0 Å². The molecule has 5 rings (SSSR count). The van der Waals surface area contributed by atoms with Gasteiger partial charge in [-0.3, -0.25) is 4.79 Å². The molecule has 6 nitrogen and oxygen atoms in total. The quantitative estimate of drug-likeness (QED) is 0.511. The van der Waals surface area contributed by atoms with Gasteiger partial charge in [-0.15, -0.1) is 0 Å². The van der Waals surface area contributed by atoms with Gasteiger partial charge in [0.1, 0.15) is 11.6 Å². The van der Waals surface area contributed by atoms with Crippen molar-refractivity contribution in [3.63, 3.8) is 0 Å². The third kappa shape index (κ3) is 4.18. The molecule has 0 saturated carbocycles. The number of nitrogens with one attached hydrogen (secondary N) is 2. The number of Topliss-reactive ketones (excluding diaryl/α,β-unsaturated/α-hetero) is 1. The minimum Gasteiger partial charge on any atom is -0.508 e. The Morgan fingerprint density at radius 1 is 1.19 bits per heavy atom. The van der Waals surface area contributed by atoms with Crippen LogP contribution >= 0.6 is 0 Å². The third-order valence-electron chi connectivity index (χ3n) is 6.36. The second-order valence-corrected chi connectivity index (χ2v) is 8.69. The van der Waals surface area contributed by atoms with Gasteiger partial charge in [-0.2, -0.15) is 0 Å². The molecule has 1 fully saturated rings. The number of aryl methyl sites for hydroxylation is 2. The van der Waals surface area contributed by atoms with Gasteiger partial charge in [0.15, 0.2) is 5.78 Å². The molecule has 0 amide bonds. The minimum absolute atomic E-state index is 0.0148. The van der Waals surface area contributed by atoms with Gasteiger partial charge in [0.25, 0.3) is 0 Å². The van der Waals surface area contributed by atoms with Gasteiger partial charge in [-0.25, -0.2) is 4.98 Å². The van der Waals surface area contributed by atoms with E-state index in [2.05, 4.69) is 33.8 Å². The highest BCUT2D eigenvalue weighted by atomic mass is 16.5. The van der Waals surface area contributed by atoms with Crippen molar-refractivity contribution in [3.05, 3.63) is 70.9 Å². The fourth-order valence-corrected chi connectivity index (χ4v) is 4.47. The Morgan fingerprint density at radius 3 is 2.94 bits per heavy atom. The molecular weight excluding hydrogens is 402 g/mol. The summed E-state index contributed by atoms with van der Waals surface area (Å²) in [5.41, 5.74) is 6.11. The first-order valence-corrected chi connectivity index (χ1v) is 11.1. The molecule has 3 N–H and O–H groups in total. The summed E-state index contributed by atoms with van der Waals surface area (Å²) >= 11 is 0. The molecule has 0 bridgehead atoms. The lowest BCUT2D eigenvalue weighted by Gasteiger charge is -2.15. The van der Waals surface area contributed by atoms with Crippen LogP contribution in [-0.2, 0) is 17.6 Å². The number of nitrogens with zero attached hydrogens (tertiary/aromatic N) is 1. The van der Waals surface area contributed by atoms with E-state index in [0.717, 1.165) is 55.0 Å². The van der Waals surface area contributed by atoms with Crippen molar-refractivity contribution in [2.75, 3.05) is 23.8 Å². The maximum Gasteiger partial charge on any atom is 0.173 e. The van der Waals surface area contributed by atoms with Crippen LogP contribution in [0.3, 0.4) is 0 Å². The topological polar surface area (TPSA) is 83.5 Å². The van der Waals surface area contributed by atoms with Crippen molar-refractivity contribution in [3.8, 4) is 5.75 Å². The summed E-state index contributed by atoms with van der Waals surface area (Å²) in [6.07, 6.45) is 5.24. The van der Waals surface area contributed by atoms with E-state index in [4.69, 9.17) is 4.74 Å². The number of ketones is 1. The summed E-state index contributed by atoms with van der Waals surface area (Å²) in [5, 5.41) is 16.6. The molecule has 32 heavy (non-hydrogen) atoms. The Morgan fingerprint density at radius 2 is 2.09 bits per heavy atom. The molecule has 1 aromatic heterocycles. The Hall–Kier alpha value is -3.38. The van der Waals surface area contributed by atoms with Crippen LogP contribution in [0.15, 0.2) is 48.7 Å². The van der Waals surface area contributed by atoms with Crippen LogP contribution in [0.1, 0.15) is 39.9 Å². The van der Waals surface area contributed by atoms with E-state index in [1.807, 2.05) is 13.0 Å². The monoisotopic (exact) mass is 429 g/mol. The summed E-state index contributed by atoms with van der Waals surface area (Å²) in [5.74, 6) is 1.37. The molecule has 0 radical (unpaired) electrons. The van der Waals surface area contributed by atoms with Crippen LogP contribution in [0.2, 0.25) is 0 Å². The van der Waals surface area contributed by atoms with Crippen molar-refractivity contribution < 1.29 is 14.6 Å². The molecule has 3 aromatic rings. The molecule has 1 unspecified atom stereocenters. The number of hydrogen-bond donors (Lipinski definition) is 3. The second kappa shape index (κ2) is 8.63. The van der Waals surface area contributed by atoms with Crippen molar-refractivity contribution in [1.82, 2.24) is 4.98 Å². The fraction of sp³-hybridized carbons (Fsp3) is 0.308. The molecule has 0 spiro atoms. The molecule has 0 aliphatic carbocycles. The van der Waals surface area contributed by atoms with Crippen LogP contribution < -0.4 is 10.6 Å². The smallest absolute Gasteiger partial charge is 0.173 e. The second-order valence-electron chi connectivity index (χ2n) is 8.69. The zero-order valence-corrected chi connectivity index (χ0v) is 18.1. The normalized spacial score (nSPS) is 17.3. The Labute approximate surface area is 187 Å². The van der Waals surface area contributed by atoms with Gasteiger partial charge >= 0.3 is 0 Å². The first-order chi connectivity index (χ1) is 15.6. The van der Waals surface area contributed by atoms with Gasteiger partial charge < -0.3 is 20.5 Å². The zero-order chi connectivity index (χ0) is 22.1. The average Bonchev–Trinajstić information content (AvgIpc) is 3.25. The molecule has 164 valence electrons. The lowest BCUT2D eigenvalue weighted by molar-refractivity contribution is 0.0995. The number of benzene rings is 2.